The molecule has 4 rings (SSSR count). The number of nitrogens with zero attached hydrogens (tertiary/aromatic N) is 2. The number of pyridine rings is 1. The molecule has 1 atom stereocenters. The van der Waals surface area contributed by atoms with Gasteiger partial charge in [-0.05, 0) is 37.3 Å². The summed E-state index contributed by atoms with van der Waals surface area (Å²) in [7, 11) is 0. The number of aromatic nitrogens is 1. The highest BCUT2D eigenvalue weighted by atomic mass is 19.1. The smallest absolute Gasteiger partial charge is 0.224 e. The van der Waals surface area contributed by atoms with Gasteiger partial charge < -0.3 is 10.1 Å². The second-order valence-corrected chi connectivity index (χ2v) is 8.43. The molecule has 1 amide bonds. The minimum atomic E-state index is -1.05. The Bertz CT molecular complexity index is 895. The number of benzene rings is 1. The molecule has 2 aliphatic heterocycles. The normalized spacial score (nSPS) is 20.8. The topological polar surface area (TPSA) is 54.5 Å². The van der Waals surface area contributed by atoms with Gasteiger partial charge in [-0.25, -0.2) is 13.2 Å². The Kier molecular flexibility index (Phi) is 6.57. The van der Waals surface area contributed by atoms with Crippen LogP contribution in [-0.4, -0.2) is 47.1 Å². The lowest BCUT2D eigenvalue weighted by Crippen LogP contribution is -2.45. The molecule has 5 nitrogen and oxygen atoms in total. The molecular formula is C23H26F3N3O2. The quantitative estimate of drug-likeness (QED) is 0.759. The zero-order chi connectivity index (χ0) is 21.8. The summed E-state index contributed by atoms with van der Waals surface area (Å²) >= 11 is 0. The third kappa shape index (κ3) is 5.43. The molecule has 1 N–H and O–H groups in total. The second-order valence-electron chi connectivity index (χ2n) is 8.43. The number of hydrogen-bond donors (Lipinski definition) is 1. The van der Waals surface area contributed by atoms with E-state index in [9.17, 15) is 18.0 Å². The van der Waals surface area contributed by atoms with Gasteiger partial charge in [-0.1, -0.05) is 6.07 Å². The molecular weight excluding hydrogens is 407 g/mol. The molecule has 0 aliphatic carbocycles. The summed E-state index contributed by atoms with van der Waals surface area (Å²) in [6.45, 7) is 3.05. The van der Waals surface area contributed by atoms with Crippen LogP contribution >= 0.6 is 0 Å². The highest BCUT2D eigenvalue weighted by molar-refractivity contribution is 5.78. The first kappa shape index (κ1) is 21.8. The number of halogens is 3. The van der Waals surface area contributed by atoms with Crippen molar-refractivity contribution in [3.05, 3.63) is 65.2 Å². The van der Waals surface area contributed by atoms with E-state index < -0.39 is 35.3 Å². The summed E-state index contributed by atoms with van der Waals surface area (Å²) in [5.74, 6) is -3.63. The Labute approximate surface area is 179 Å². The van der Waals surface area contributed by atoms with E-state index in [1.807, 2.05) is 12.3 Å². The van der Waals surface area contributed by atoms with Crippen molar-refractivity contribution in [1.82, 2.24) is 15.2 Å². The van der Waals surface area contributed by atoms with Crippen LogP contribution < -0.4 is 5.32 Å². The summed E-state index contributed by atoms with van der Waals surface area (Å²) < 4.78 is 46.8. The van der Waals surface area contributed by atoms with E-state index in [2.05, 4.69) is 21.3 Å². The molecule has 2 aromatic rings. The first-order valence-corrected chi connectivity index (χ1v) is 10.6. The second kappa shape index (κ2) is 9.36. The Morgan fingerprint density at radius 2 is 1.94 bits per heavy atom. The number of carbonyl (C=O) groups is 1. The molecule has 31 heavy (non-hydrogen) atoms. The molecule has 1 aromatic heterocycles. The molecule has 0 unspecified atom stereocenters. The lowest BCUT2D eigenvalue weighted by atomic mass is 9.88. The number of carbonyl (C=O) groups excluding carboxylic acids is 1. The van der Waals surface area contributed by atoms with E-state index in [1.165, 1.54) is 5.56 Å². The van der Waals surface area contributed by atoms with Crippen LogP contribution in [-0.2, 0) is 22.5 Å². The number of amides is 1. The lowest BCUT2D eigenvalue weighted by molar-refractivity contribution is -0.122. The maximum atomic E-state index is 13.7. The zero-order valence-corrected chi connectivity index (χ0v) is 17.3. The van der Waals surface area contributed by atoms with Crippen LogP contribution in [0.3, 0.4) is 0 Å². The van der Waals surface area contributed by atoms with Gasteiger partial charge in [0.25, 0.3) is 0 Å². The molecule has 166 valence electrons. The van der Waals surface area contributed by atoms with E-state index >= 15 is 0 Å². The summed E-state index contributed by atoms with van der Waals surface area (Å²) in [5, 5.41) is 2.70. The maximum Gasteiger partial charge on any atom is 0.224 e. The molecule has 0 bridgehead atoms. The van der Waals surface area contributed by atoms with Crippen LogP contribution in [0.5, 0.6) is 0 Å². The summed E-state index contributed by atoms with van der Waals surface area (Å²) in [4.78, 5) is 18.7. The number of nitrogens with one attached hydrogen (secondary N) is 1. The molecule has 0 saturated carbocycles. The van der Waals surface area contributed by atoms with E-state index in [1.54, 1.807) is 6.20 Å². The number of likely N-dealkylation sites (tertiary alicyclic amines) is 1. The minimum absolute atomic E-state index is 0.114. The molecule has 2 aliphatic rings. The Morgan fingerprint density at radius 3 is 2.61 bits per heavy atom. The molecule has 8 heteroatoms. The predicted octanol–water partition coefficient (Wildman–Crippen LogP) is 3.37. The standard InChI is InChI=1S/C23H26F3N3O2/c24-17-10-20(25)19(21(26)11-17)12-22(30)28-14-18-3-4-23(31-18)5-8-29(9-6-23)15-16-2-1-7-27-13-16/h1-2,7,10-11,13,18H,3-6,8-9,12,14-15H2,(H,28,30)/t18-/m1/s1. The monoisotopic (exact) mass is 433 g/mol. The van der Waals surface area contributed by atoms with Gasteiger partial charge in [0.2, 0.25) is 5.91 Å². The van der Waals surface area contributed by atoms with Crippen LogP contribution in [0.1, 0.15) is 36.8 Å². The van der Waals surface area contributed by atoms with Gasteiger partial charge in [-0.15, -0.1) is 0 Å². The Balaban J connectivity index is 1.22. The average Bonchev–Trinajstić information content (AvgIpc) is 3.14. The molecule has 2 saturated heterocycles. The fourth-order valence-electron chi connectivity index (χ4n) is 4.47. The van der Waals surface area contributed by atoms with E-state index in [4.69, 9.17) is 4.74 Å². The number of piperidine rings is 1. The van der Waals surface area contributed by atoms with Crippen LogP contribution in [0, 0.1) is 17.5 Å². The van der Waals surface area contributed by atoms with E-state index in [0.717, 1.165) is 45.3 Å². The van der Waals surface area contributed by atoms with Crippen molar-refractivity contribution in [2.45, 2.75) is 50.4 Å². The largest absolute Gasteiger partial charge is 0.370 e. The first-order valence-electron chi connectivity index (χ1n) is 10.6. The third-order valence-corrected chi connectivity index (χ3v) is 6.20. The van der Waals surface area contributed by atoms with E-state index in [0.29, 0.717) is 18.7 Å². The van der Waals surface area contributed by atoms with Gasteiger partial charge in [0.05, 0.1) is 18.1 Å². The fourth-order valence-corrected chi connectivity index (χ4v) is 4.47. The van der Waals surface area contributed by atoms with Gasteiger partial charge in [0.15, 0.2) is 0 Å². The lowest BCUT2D eigenvalue weighted by Gasteiger charge is -2.39. The third-order valence-electron chi connectivity index (χ3n) is 6.20. The van der Waals surface area contributed by atoms with Crippen molar-refractivity contribution >= 4 is 5.91 Å². The Morgan fingerprint density at radius 1 is 1.19 bits per heavy atom. The number of ether oxygens (including phenoxy) is 1. The highest BCUT2D eigenvalue weighted by Crippen LogP contribution is 2.39. The molecule has 0 radical (unpaired) electrons. The van der Waals surface area contributed by atoms with Gasteiger partial charge >= 0.3 is 0 Å². The molecule has 3 heterocycles. The number of hydrogen-bond acceptors (Lipinski definition) is 4. The van der Waals surface area contributed by atoms with Crippen LogP contribution in [0.25, 0.3) is 0 Å². The van der Waals surface area contributed by atoms with Crippen LogP contribution in [0.2, 0.25) is 0 Å². The zero-order valence-electron chi connectivity index (χ0n) is 17.3. The number of rotatable bonds is 6. The SMILES string of the molecule is O=C(Cc1c(F)cc(F)cc1F)NC[C@H]1CCC2(CCN(Cc3cccnc3)CC2)O1. The predicted molar refractivity (Wildman–Crippen MR) is 109 cm³/mol. The van der Waals surface area contributed by atoms with Gasteiger partial charge in [0, 0.05) is 56.3 Å². The van der Waals surface area contributed by atoms with Gasteiger partial charge in [-0.3, -0.25) is 14.7 Å². The Hall–Kier alpha value is -2.45. The first-order chi connectivity index (χ1) is 14.9. The molecule has 2 fully saturated rings. The van der Waals surface area contributed by atoms with Gasteiger partial charge in [-0.2, -0.15) is 0 Å². The maximum absolute atomic E-state index is 13.7. The van der Waals surface area contributed by atoms with Gasteiger partial charge in [0.1, 0.15) is 17.5 Å². The van der Waals surface area contributed by atoms with E-state index in [-0.39, 0.29) is 11.7 Å². The molecule has 1 spiro atoms. The fraction of sp³-hybridized carbons (Fsp3) is 0.478. The van der Waals surface area contributed by atoms with Crippen LogP contribution in [0.15, 0.2) is 36.7 Å². The van der Waals surface area contributed by atoms with Crippen molar-refractivity contribution in [1.29, 1.82) is 0 Å². The average molecular weight is 433 g/mol. The van der Waals surface area contributed by atoms with Crippen LogP contribution in [0.4, 0.5) is 13.2 Å². The van der Waals surface area contributed by atoms with Crippen molar-refractivity contribution in [2.24, 2.45) is 0 Å². The summed E-state index contributed by atoms with van der Waals surface area (Å²) in [5.41, 5.74) is 0.611. The van der Waals surface area contributed by atoms with Crippen molar-refractivity contribution < 1.29 is 22.7 Å². The molecule has 1 aromatic carbocycles. The van der Waals surface area contributed by atoms with Crippen molar-refractivity contribution in [3.8, 4) is 0 Å². The van der Waals surface area contributed by atoms with Crippen molar-refractivity contribution in [2.75, 3.05) is 19.6 Å². The summed E-state index contributed by atoms with van der Waals surface area (Å²) in [6.07, 6.45) is 6.71. The van der Waals surface area contributed by atoms with Crippen molar-refractivity contribution in [3.63, 3.8) is 0 Å². The summed E-state index contributed by atoms with van der Waals surface area (Å²) in [6, 6.07) is 5.18. The highest BCUT2D eigenvalue weighted by Gasteiger charge is 2.42. The minimum Gasteiger partial charge on any atom is -0.370 e.